The van der Waals surface area contributed by atoms with Crippen LogP contribution in [-0.4, -0.2) is 35.1 Å². The second-order valence-corrected chi connectivity index (χ2v) is 5.12. The van der Waals surface area contributed by atoms with Crippen molar-refractivity contribution in [3.63, 3.8) is 0 Å². The number of hydrogen-bond acceptors (Lipinski definition) is 4. The van der Waals surface area contributed by atoms with Gasteiger partial charge in [0.15, 0.2) is 5.65 Å². The van der Waals surface area contributed by atoms with Crippen LogP contribution in [0.15, 0.2) is 30.6 Å². The molecule has 94 valence electrons. The van der Waals surface area contributed by atoms with Crippen molar-refractivity contribution in [2.75, 3.05) is 18.0 Å². The summed E-state index contributed by atoms with van der Waals surface area (Å²) < 4.78 is 0. The summed E-state index contributed by atoms with van der Waals surface area (Å²) in [5, 5.41) is 4.65. The minimum absolute atomic E-state index is 0.512. The van der Waals surface area contributed by atoms with Crippen LogP contribution in [0.25, 0.3) is 11.0 Å². The molecular formula is C14H18N4. The van der Waals surface area contributed by atoms with Crippen molar-refractivity contribution in [3.8, 4) is 0 Å². The average molecular weight is 242 g/mol. The molecule has 2 atom stereocenters. The van der Waals surface area contributed by atoms with Crippen molar-refractivity contribution in [1.29, 1.82) is 0 Å². The summed E-state index contributed by atoms with van der Waals surface area (Å²) in [4.78, 5) is 11.1. The quantitative estimate of drug-likeness (QED) is 0.828. The van der Waals surface area contributed by atoms with Gasteiger partial charge in [0.1, 0.15) is 0 Å². The van der Waals surface area contributed by atoms with E-state index in [1.807, 2.05) is 12.3 Å². The van der Waals surface area contributed by atoms with Crippen LogP contribution in [0.3, 0.4) is 0 Å². The zero-order valence-electron chi connectivity index (χ0n) is 10.8. The van der Waals surface area contributed by atoms with E-state index in [-0.39, 0.29) is 0 Å². The molecule has 0 amide bonds. The van der Waals surface area contributed by atoms with Gasteiger partial charge in [0.25, 0.3) is 0 Å². The lowest BCUT2D eigenvalue weighted by Crippen LogP contribution is -2.54. The van der Waals surface area contributed by atoms with E-state index in [1.54, 1.807) is 6.20 Å². The van der Waals surface area contributed by atoms with Gasteiger partial charge in [-0.3, -0.25) is 0 Å². The third-order valence-corrected chi connectivity index (χ3v) is 3.36. The number of rotatable bonds is 1. The minimum atomic E-state index is 0.512. The summed E-state index contributed by atoms with van der Waals surface area (Å²) in [5.74, 6) is 0. The maximum atomic E-state index is 4.43. The normalized spacial score (nSPS) is 24.4. The second kappa shape index (κ2) is 4.53. The number of hydrogen-bond donors (Lipinski definition) is 1. The van der Waals surface area contributed by atoms with Crippen molar-refractivity contribution in [2.24, 2.45) is 0 Å². The first kappa shape index (κ1) is 11.4. The first-order valence-corrected chi connectivity index (χ1v) is 6.44. The molecule has 1 N–H and O–H groups in total. The van der Waals surface area contributed by atoms with Crippen LogP contribution in [-0.2, 0) is 0 Å². The molecule has 0 radical (unpaired) electrons. The molecule has 0 aliphatic carbocycles. The minimum Gasteiger partial charge on any atom is -0.367 e. The van der Waals surface area contributed by atoms with Gasteiger partial charge in [-0.2, -0.15) is 0 Å². The van der Waals surface area contributed by atoms with E-state index < -0.39 is 0 Å². The fraction of sp³-hybridized carbons (Fsp3) is 0.429. The monoisotopic (exact) mass is 242 g/mol. The Hall–Kier alpha value is -1.68. The number of nitrogens with one attached hydrogen (secondary N) is 1. The molecule has 0 aromatic carbocycles. The van der Waals surface area contributed by atoms with Crippen LogP contribution in [0.5, 0.6) is 0 Å². The smallest absolute Gasteiger partial charge is 0.159 e. The molecule has 0 spiro atoms. The van der Waals surface area contributed by atoms with Crippen LogP contribution < -0.4 is 10.2 Å². The van der Waals surface area contributed by atoms with Crippen LogP contribution in [0, 0.1) is 0 Å². The molecule has 0 bridgehead atoms. The molecule has 1 fully saturated rings. The largest absolute Gasteiger partial charge is 0.367 e. The highest BCUT2D eigenvalue weighted by atomic mass is 15.2. The lowest BCUT2D eigenvalue weighted by atomic mass is 10.1. The first-order valence-electron chi connectivity index (χ1n) is 6.44. The maximum Gasteiger partial charge on any atom is 0.159 e. The van der Waals surface area contributed by atoms with E-state index >= 15 is 0 Å². The number of nitrogens with zero attached hydrogens (tertiary/aromatic N) is 3. The summed E-state index contributed by atoms with van der Waals surface area (Å²) >= 11 is 0. The van der Waals surface area contributed by atoms with Crippen molar-refractivity contribution in [2.45, 2.75) is 25.9 Å². The van der Waals surface area contributed by atoms with E-state index in [2.05, 4.69) is 46.2 Å². The lowest BCUT2D eigenvalue weighted by Gasteiger charge is -2.37. The van der Waals surface area contributed by atoms with E-state index in [0.717, 1.165) is 24.1 Å². The average Bonchev–Trinajstić information content (AvgIpc) is 2.37. The highest BCUT2D eigenvalue weighted by molar-refractivity contribution is 5.78. The second-order valence-electron chi connectivity index (χ2n) is 5.12. The fourth-order valence-electron chi connectivity index (χ4n) is 2.66. The summed E-state index contributed by atoms with van der Waals surface area (Å²) in [6, 6.07) is 7.22. The maximum absolute atomic E-state index is 4.43. The highest BCUT2D eigenvalue weighted by Crippen LogP contribution is 2.20. The number of pyridine rings is 2. The van der Waals surface area contributed by atoms with Crippen molar-refractivity contribution in [1.82, 2.24) is 15.3 Å². The molecule has 0 unspecified atom stereocenters. The predicted molar refractivity (Wildman–Crippen MR) is 73.8 cm³/mol. The Balaban J connectivity index is 1.93. The Bertz CT molecular complexity index is 544. The summed E-state index contributed by atoms with van der Waals surface area (Å²) in [6.45, 7) is 6.49. The molecule has 4 nitrogen and oxygen atoms in total. The molecule has 3 heterocycles. The Morgan fingerprint density at radius 1 is 1.22 bits per heavy atom. The Morgan fingerprint density at radius 3 is 2.78 bits per heavy atom. The molecule has 1 aliphatic rings. The van der Waals surface area contributed by atoms with E-state index in [0.29, 0.717) is 12.1 Å². The zero-order valence-corrected chi connectivity index (χ0v) is 10.8. The summed E-state index contributed by atoms with van der Waals surface area (Å²) in [5.41, 5.74) is 2.01. The molecular weight excluding hydrogens is 224 g/mol. The zero-order chi connectivity index (χ0) is 12.5. The molecule has 2 aromatic rings. The number of fused-ring (bicyclic) bond motifs is 1. The van der Waals surface area contributed by atoms with Crippen LogP contribution in [0.1, 0.15) is 13.8 Å². The SMILES string of the molecule is C[C@@H]1CN(c2cnc3ncccc3c2)C[C@H](C)N1. The van der Waals surface area contributed by atoms with Gasteiger partial charge in [-0.1, -0.05) is 0 Å². The Morgan fingerprint density at radius 2 is 2.00 bits per heavy atom. The highest BCUT2D eigenvalue weighted by Gasteiger charge is 2.21. The number of aromatic nitrogens is 2. The van der Waals surface area contributed by atoms with Gasteiger partial charge >= 0.3 is 0 Å². The molecule has 2 aromatic heterocycles. The van der Waals surface area contributed by atoms with Gasteiger partial charge in [0, 0.05) is 36.8 Å². The molecule has 1 saturated heterocycles. The van der Waals surface area contributed by atoms with Crippen molar-refractivity contribution >= 4 is 16.7 Å². The van der Waals surface area contributed by atoms with Crippen LogP contribution in [0.4, 0.5) is 5.69 Å². The van der Waals surface area contributed by atoms with Crippen molar-refractivity contribution in [3.05, 3.63) is 30.6 Å². The van der Waals surface area contributed by atoms with Gasteiger partial charge in [0.2, 0.25) is 0 Å². The van der Waals surface area contributed by atoms with E-state index in [9.17, 15) is 0 Å². The topological polar surface area (TPSA) is 41.1 Å². The predicted octanol–water partition coefficient (Wildman–Crippen LogP) is 1.82. The molecule has 0 saturated carbocycles. The number of anilines is 1. The Kier molecular flexibility index (Phi) is 2.88. The van der Waals surface area contributed by atoms with Gasteiger partial charge in [0.05, 0.1) is 11.9 Å². The van der Waals surface area contributed by atoms with Gasteiger partial charge in [-0.15, -0.1) is 0 Å². The van der Waals surface area contributed by atoms with Crippen LogP contribution in [0.2, 0.25) is 0 Å². The molecule has 1 aliphatic heterocycles. The van der Waals surface area contributed by atoms with Gasteiger partial charge in [-0.25, -0.2) is 9.97 Å². The van der Waals surface area contributed by atoms with Crippen LogP contribution >= 0.6 is 0 Å². The van der Waals surface area contributed by atoms with Gasteiger partial charge < -0.3 is 10.2 Å². The fourth-order valence-corrected chi connectivity index (χ4v) is 2.66. The van der Waals surface area contributed by atoms with Gasteiger partial charge in [-0.05, 0) is 32.0 Å². The molecule has 18 heavy (non-hydrogen) atoms. The lowest BCUT2D eigenvalue weighted by molar-refractivity contribution is 0.407. The molecule has 4 heteroatoms. The van der Waals surface area contributed by atoms with E-state index in [1.165, 1.54) is 5.69 Å². The first-order chi connectivity index (χ1) is 8.72. The number of piperazine rings is 1. The van der Waals surface area contributed by atoms with Crippen molar-refractivity contribution < 1.29 is 0 Å². The Labute approximate surface area is 107 Å². The molecule has 3 rings (SSSR count). The third-order valence-electron chi connectivity index (χ3n) is 3.36. The summed E-state index contributed by atoms with van der Waals surface area (Å²) in [7, 11) is 0. The van der Waals surface area contributed by atoms with E-state index in [4.69, 9.17) is 0 Å². The standard InChI is InChI=1S/C14H18N4/c1-10-8-18(9-11(2)17-10)13-6-12-4-3-5-15-14(12)16-7-13/h3-7,10-11,17H,8-9H2,1-2H3/t10-,11+. The third kappa shape index (κ3) is 2.16. The summed E-state index contributed by atoms with van der Waals surface area (Å²) in [6.07, 6.45) is 3.71.